The van der Waals surface area contributed by atoms with Gasteiger partial charge in [0.05, 0.1) is 36.2 Å². The van der Waals surface area contributed by atoms with Gasteiger partial charge >= 0.3 is 0 Å². The van der Waals surface area contributed by atoms with Gasteiger partial charge in [-0.1, -0.05) is 133 Å². The fourth-order valence-electron chi connectivity index (χ4n) is 7.46. The minimum Gasteiger partial charge on any atom is -0.501 e. The first-order valence-electron chi connectivity index (χ1n) is 21.2. The first-order chi connectivity index (χ1) is 28.2. The zero-order valence-electron chi connectivity index (χ0n) is 38.2. The number of hydrogen-bond acceptors (Lipinski definition) is 4. The molecule has 0 aliphatic heterocycles. The SMILES string of the molecule is Cc1nccc2nc(-c3[c-]ccc4c3oc3ccccc34)n(-c3c(C(C)C)cccc3C(C)C)c12.[2H]C([2H])([2H])c1c[c-]c(-c2cc(C([2H])(C)C)c([Si](C)(C)C)cn2)c(F)c1.[Ir]. The van der Waals surface area contributed by atoms with Crippen molar-refractivity contribution in [2.75, 3.05) is 0 Å². The first-order valence-corrected chi connectivity index (χ1v) is 22.7. The molecule has 0 aliphatic rings. The Balaban J connectivity index is 0.000000213. The van der Waals surface area contributed by atoms with Gasteiger partial charge in [0.15, 0.2) is 0 Å². The number of pyridine rings is 2. The smallest absolute Gasteiger partial charge is 0.120 e. The van der Waals surface area contributed by atoms with Crippen molar-refractivity contribution in [2.45, 2.75) is 92.7 Å². The van der Waals surface area contributed by atoms with Gasteiger partial charge in [-0.2, -0.15) is 0 Å². The normalized spacial score (nSPS) is 13.3. The monoisotopic (exact) mass is 955 g/mol. The molecule has 8 rings (SSSR count). The summed E-state index contributed by atoms with van der Waals surface area (Å²) in [5.74, 6) is 0.00264. The first kappa shape index (κ1) is 36.6. The summed E-state index contributed by atoms with van der Waals surface area (Å²) in [6, 6.07) is 31.1. The zero-order chi connectivity index (χ0) is 43.5. The van der Waals surface area contributed by atoms with E-state index < -0.39 is 26.6 Å². The molecule has 4 heterocycles. The Kier molecular flexibility index (Phi) is 10.7. The molecule has 295 valence electrons. The van der Waals surface area contributed by atoms with E-state index in [1.54, 1.807) is 26.1 Å². The molecule has 1 radical (unpaired) electrons. The summed E-state index contributed by atoms with van der Waals surface area (Å²) in [5, 5.41) is 3.24. The second-order valence-electron chi connectivity index (χ2n) is 16.3. The molecule has 4 aromatic heterocycles. The van der Waals surface area contributed by atoms with Crippen molar-refractivity contribution in [3.63, 3.8) is 0 Å². The number of fused-ring (bicyclic) bond motifs is 4. The molecule has 0 saturated carbocycles. The maximum absolute atomic E-state index is 14.5. The third-order valence-corrected chi connectivity index (χ3v) is 12.3. The summed E-state index contributed by atoms with van der Waals surface area (Å²) in [6.45, 7) is 18.8. The van der Waals surface area contributed by atoms with E-state index in [1.807, 2.05) is 36.5 Å². The number of aryl methyl sites for hydroxylation is 2. The largest absolute Gasteiger partial charge is 0.501 e. The third kappa shape index (κ3) is 8.05. The summed E-state index contributed by atoms with van der Waals surface area (Å²) >= 11 is 0. The van der Waals surface area contributed by atoms with Crippen LogP contribution in [0.5, 0.6) is 0 Å². The van der Waals surface area contributed by atoms with Crippen LogP contribution in [-0.2, 0) is 20.1 Å². The summed E-state index contributed by atoms with van der Waals surface area (Å²) in [7, 11) is -1.72. The number of furan rings is 1. The van der Waals surface area contributed by atoms with Crippen LogP contribution >= 0.6 is 0 Å². The fraction of sp³-hybridized carbons (Fsp3) is 0.286. The second kappa shape index (κ2) is 16.6. The van der Waals surface area contributed by atoms with E-state index in [0.717, 1.165) is 66.9 Å². The third-order valence-electron chi connectivity index (χ3n) is 10.3. The van der Waals surface area contributed by atoms with Gasteiger partial charge in [-0.15, -0.1) is 42.0 Å². The van der Waals surface area contributed by atoms with Gasteiger partial charge in [-0.3, -0.25) is 14.4 Å². The summed E-state index contributed by atoms with van der Waals surface area (Å²) in [6.07, 6.45) is 3.57. The van der Waals surface area contributed by atoms with Gasteiger partial charge in [0.2, 0.25) is 0 Å². The Morgan fingerprint density at radius 3 is 2.21 bits per heavy atom. The molecule has 57 heavy (non-hydrogen) atoms. The Bertz CT molecular complexity index is 2860. The number of nitrogens with zero attached hydrogens (tertiary/aromatic N) is 4. The van der Waals surface area contributed by atoms with Gasteiger partial charge in [0.1, 0.15) is 5.58 Å². The topological polar surface area (TPSA) is 56.7 Å². The van der Waals surface area contributed by atoms with Crippen molar-refractivity contribution in [2.24, 2.45) is 0 Å². The average molecular weight is 955 g/mol. The van der Waals surface area contributed by atoms with Crippen molar-refractivity contribution in [1.29, 1.82) is 0 Å². The molecular weight excluding hydrogens is 900 g/mol. The molecular formula is C49H51FIrN4OSi-2. The van der Waals surface area contributed by atoms with E-state index in [4.69, 9.17) is 14.9 Å². The summed E-state index contributed by atoms with van der Waals surface area (Å²) < 4.78 is 53.7. The number of imidazole rings is 1. The minimum absolute atomic E-state index is 0. The molecule has 5 nitrogen and oxygen atoms in total. The molecule has 0 N–H and O–H groups in total. The van der Waals surface area contributed by atoms with Crippen molar-refractivity contribution >= 4 is 46.2 Å². The molecule has 8 heteroatoms. The predicted molar refractivity (Wildman–Crippen MR) is 234 cm³/mol. The van der Waals surface area contributed by atoms with Crippen LogP contribution in [0.1, 0.15) is 92.7 Å². The molecule has 0 amide bonds. The van der Waals surface area contributed by atoms with Gasteiger partial charge in [0.25, 0.3) is 0 Å². The number of aromatic nitrogens is 4. The summed E-state index contributed by atoms with van der Waals surface area (Å²) in [5.41, 5.74) is 10.4. The molecule has 0 saturated heterocycles. The van der Waals surface area contributed by atoms with Crippen molar-refractivity contribution in [3.05, 3.63) is 137 Å². The Morgan fingerprint density at radius 1 is 0.842 bits per heavy atom. The maximum atomic E-state index is 14.5. The zero-order valence-corrected chi connectivity index (χ0v) is 37.6. The average Bonchev–Trinajstić information content (AvgIpc) is 3.76. The Labute approximate surface area is 356 Å². The van der Waals surface area contributed by atoms with E-state index >= 15 is 0 Å². The number of rotatable bonds is 7. The van der Waals surface area contributed by atoms with Gasteiger partial charge < -0.3 is 14.0 Å². The number of hydrogen-bond donors (Lipinski definition) is 0. The van der Waals surface area contributed by atoms with Crippen LogP contribution in [0, 0.1) is 31.7 Å². The quantitative estimate of drug-likeness (QED) is 0.118. The standard InChI is InChI=1S/C31H28N3O.C18H23FNSi.Ir/c1-18(2)21-11-8-12-22(19(3)4)29(21)34-28-20(5)32-17-16-26(28)33-31(34)25-14-9-13-24-23-10-6-7-15-27(23)35-30(24)25;1-12(2)15-10-17(20-11-18(15)21(4,5)6)14-8-7-13(3)9-16(14)19;/h6-13,15-19H,1-5H3;7,9-12H,1-6H3;/q2*-1;/i;3D3,12D;. The van der Waals surface area contributed by atoms with E-state index in [0.29, 0.717) is 17.5 Å². The van der Waals surface area contributed by atoms with Crippen LogP contribution in [0.3, 0.4) is 0 Å². The Morgan fingerprint density at radius 2 is 1.56 bits per heavy atom. The molecule has 0 aliphatic carbocycles. The van der Waals surface area contributed by atoms with Gasteiger partial charge in [-0.05, 0) is 58.8 Å². The van der Waals surface area contributed by atoms with Crippen LogP contribution in [-0.4, -0.2) is 27.6 Å². The maximum Gasteiger partial charge on any atom is 0.120 e. The van der Waals surface area contributed by atoms with Gasteiger partial charge in [-0.25, -0.2) is 0 Å². The van der Waals surface area contributed by atoms with Crippen LogP contribution < -0.4 is 5.19 Å². The second-order valence-corrected chi connectivity index (χ2v) is 21.3. The molecule has 0 spiro atoms. The van der Waals surface area contributed by atoms with Crippen LogP contribution in [0.4, 0.5) is 4.39 Å². The number of para-hydroxylation sites is 2. The van der Waals surface area contributed by atoms with E-state index in [2.05, 4.69) is 111 Å². The molecule has 4 aromatic carbocycles. The van der Waals surface area contributed by atoms with Crippen molar-refractivity contribution in [1.82, 2.24) is 19.5 Å². The minimum atomic E-state index is -2.38. The van der Waals surface area contributed by atoms with Crippen molar-refractivity contribution in [3.8, 4) is 28.3 Å². The van der Waals surface area contributed by atoms with E-state index in [-0.39, 0.29) is 31.2 Å². The number of benzene rings is 4. The van der Waals surface area contributed by atoms with Crippen molar-refractivity contribution < 1.29 is 34.4 Å². The predicted octanol–water partition coefficient (Wildman–Crippen LogP) is 13.0. The fourth-order valence-corrected chi connectivity index (χ4v) is 9.04. The van der Waals surface area contributed by atoms with E-state index in [1.165, 1.54) is 22.9 Å². The van der Waals surface area contributed by atoms with Crippen LogP contribution in [0.15, 0.2) is 95.7 Å². The van der Waals surface area contributed by atoms with Gasteiger partial charge in [0, 0.05) is 54.9 Å². The molecule has 8 aromatic rings. The molecule has 0 atom stereocenters. The molecule has 0 fully saturated rings. The Hall–Kier alpha value is -4.75. The summed E-state index contributed by atoms with van der Waals surface area (Å²) in [4.78, 5) is 14.2. The van der Waals surface area contributed by atoms with Crippen LogP contribution in [0.2, 0.25) is 19.6 Å². The molecule has 0 bridgehead atoms. The van der Waals surface area contributed by atoms with Crippen LogP contribution in [0.25, 0.3) is 61.3 Å². The number of halogens is 1. The molecule has 0 unspecified atom stereocenters. The van der Waals surface area contributed by atoms with E-state index in [9.17, 15) is 4.39 Å².